The van der Waals surface area contributed by atoms with Crippen LogP contribution < -0.4 is 10.0 Å². The minimum Gasteiger partial charge on any atom is -0.352 e. The van der Waals surface area contributed by atoms with Crippen LogP contribution in [-0.2, 0) is 27.8 Å². The number of fused-ring (bicyclic) bond motifs is 3. The molecule has 32 heavy (non-hydrogen) atoms. The number of rotatable bonds is 7. The fraction of sp³-hybridized carbons (Fsp3) is 0.261. The number of amides is 1. The molecule has 0 radical (unpaired) electrons. The van der Waals surface area contributed by atoms with Crippen LogP contribution in [-0.4, -0.2) is 35.2 Å². The van der Waals surface area contributed by atoms with E-state index in [1.807, 2.05) is 48.7 Å². The minimum absolute atomic E-state index is 0.0870. The molecule has 166 valence electrons. The number of benzene rings is 2. The van der Waals surface area contributed by atoms with E-state index in [1.165, 1.54) is 0 Å². The largest absolute Gasteiger partial charge is 0.352 e. The Labute approximate surface area is 186 Å². The Hall–Kier alpha value is -3.46. The number of hydrogen-bond acceptors (Lipinski definition) is 5. The van der Waals surface area contributed by atoms with E-state index in [4.69, 9.17) is 4.98 Å². The van der Waals surface area contributed by atoms with Gasteiger partial charge in [0.15, 0.2) is 5.65 Å². The van der Waals surface area contributed by atoms with Crippen LogP contribution in [0.3, 0.4) is 0 Å². The summed E-state index contributed by atoms with van der Waals surface area (Å²) in [5, 5.41) is 8.57. The van der Waals surface area contributed by atoms with Crippen LogP contribution in [0.5, 0.6) is 0 Å². The summed E-state index contributed by atoms with van der Waals surface area (Å²) in [6.45, 7) is 4.28. The van der Waals surface area contributed by atoms with Crippen LogP contribution in [0.1, 0.15) is 28.9 Å². The van der Waals surface area contributed by atoms with Gasteiger partial charge in [-0.05, 0) is 55.7 Å². The van der Waals surface area contributed by atoms with Crippen LogP contribution in [0.25, 0.3) is 16.6 Å². The molecule has 2 aromatic carbocycles. The molecule has 0 atom stereocenters. The maximum Gasteiger partial charge on any atom is 0.229 e. The summed E-state index contributed by atoms with van der Waals surface area (Å²) in [4.78, 5) is 17.2. The number of aryl methyl sites for hydroxylation is 2. The van der Waals surface area contributed by atoms with Crippen molar-refractivity contribution < 1.29 is 13.2 Å². The number of aromatic nitrogens is 3. The molecule has 0 bridgehead atoms. The van der Waals surface area contributed by atoms with Gasteiger partial charge in [0, 0.05) is 35.4 Å². The van der Waals surface area contributed by atoms with E-state index in [9.17, 15) is 13.2 Å². The molecule has 0 aliphatic heterocycles. The van der Waals surface area contributed by atoms with Gasteiger partial charge in [-0.15, -0.1) is 0 Å². The third kappa shape index (κ3) is 4.72. The van der Waals surface area contributed by atoms with E-state index >= 15 is 0 Å². The maximum atomic E-state index is 12.5. The van der Waals surface area contributed by atoms with E-state index in [-0.39, 0.29) is 5.91 Å². The molecule has 8 nitrogen and oxygen atoms in total. The molecule has 0 saturated carbocycles. The van der Waals surface area contributed by atoms with Gasteiger partial charge in [-0.1, -0.05) is 24.3 Å². The second-order valence-corrected chi connectivity index (χ2v) is 9.61. The molecule has 0 aliphatic rings. The molecule has 4 aromatic rings. The predicted octanol–water partition coefficient (Wildman–Crippen LogP) is 3.12. The van der Waals surface area contributed by atoms with Crippen molar-refractivity contribution in [2.24, 2.45) is 0 Å². The summed E-state index contributed by atoms with van der Waals surface area (Å²) < 4.78 is 27.1. The molecular formula is C23H25N5O3S. The lowest BCUT2D eigenvalue weighted by molar-refractivity contribution is -0.121. The van der Waals surface area contributed by atoms with Crippen LogP contribution in [0.4, 0.5) is 5.69 Å². The third-order valence-electron chi connectivity index (χ3n) is 5.34. The summed E-state index contributed by atoms with van der Waals surface area (Å²) in [5.41, 5.74) is 5.89. The van der Waals surface area contributed by atoms with Crippen molar-refractivity contribution in [3.63, 3.8) is 0 Å². The molecule has 1 amide bonds. The number of carbonyl (C=O) groups is 1. The van der Waals surface area contributed by atoms with E-state index in [1.54, 1.807) is 18.2 Å². The van der Waals surface area contributed by atoms with E-state index in [0.29, 0.717) is 25.1 Å². The molecule has 4 rings (SSSR count). The van der Waals surface area contributed by atoms with Crippen molar-refractivity contribution in [2.45, 2.75) is 33.2 Å². The van der Waals surface area contributed by atoms with Crippen molar-refractivity contribution >= 4 is 38.2 Å². The van der Waals surface area contributed by atoms with Crippen molar-refractivity contribution in [1.82, 2.24) is 19.9 Å². The van der Waals surface area contributed by atoms with Crippen LogP contribution >= 0.6 is 0 Å². The molecule has 0 spiro atoms. The number of anilines is 1. The SMILES string of the molecule is Cc1nc2c3ccccc3nn2c(C)c1CCC(=O)NCc1cccc(NS(C)(=O)=O)c1. The first kappa shape index (κ1) is 21.8. The number of nitrogens with one attached hydrogen (secondary N) is 2. The Morgan fingerprint density at radius 3 is 2.66 bits per heavy atom. The normalized spacial score (nSPS) is 11.7. The van der Waals surface area contributed by atoms with Crippen LogP contribution in [0.15, 0.2) is 48.5 Å². The van der Waals surface area contributed by atoms with Gasteiger partial charge >= 0.3 is 0 Å². The highest BCUT2D eigenvalue weighted by Crippen LogP contribution is 2.23. The zero-order chi connectivity index (χ0) is 22.9. The minimum atomic E-state index is -3.35. The highest BCUT2D eigenvalue weighted by molar-refractivity contribution is 7.92. The van der Waals surface area contributed by atoms with Gasteiger partial charge in [-0.25, -0.2) is 17.9 Å². The summed E-state index contributed by atoms with van der Waals surface area (Å²) in [6.07, 6.45) is 1.97. The average molecular weight is 452 g/mol. The lowest BCUT2D eigenvalue weighted by atomic mass is 10.1. The van der Waals surface area contributed by atoms with Gasteiger partial charge in [0.25, 0.3) is 0 Å². The van der Waals surface area contributed by atoms with Crippen LogP contribution in [0, 0.1) is 13.8 Å². The number of nitrogens with zero attached hydrogens (tertiary/aromatic N) is 3. The zero-order valence-electron chi connectivity index (χ0n) is 18.2. The summed E-state index contributed by atoms with van der Waals surface area (Å²) in [6, 6.07) is 14.9. The predicted molar refractivity (Wildman–Crippen MR) is 125 cm³/mol. The van der Waals surface area contributed by atoms with E-state index in [2.05, 4.69) is 15.1 Å². The van der Waals surface area contributed by atoms with Crippen molar-refractivity contribution in [2.75, 3.05) is 11.0 Å². The molecule has 2 heterocycles. The van der Waals surface area contributed by atoms with Gasteiger partial charge in [-0.3, -0.25) is 9.52 Å². The average Bonchev–Trinajstić information content (AvgIpc) is 3.10. The fourth-order valence-corrected chi connectivity index (χ4v) is 4.38. The van der Waals surface area contributed by atoms with Gasteiger partial charge in [0.1, 0.15) is 0 Å². The lowest BCUT2D eigenvalue weighted by Gasteiger charge is -2.12. The molecule has 0 fully saturated rings. The molecule has 9 heteroatoms. The van der Waals surface area contributed by atoms with Gasteiger partial charge in [0.2, 0.25) is 15.9 Å². The highest BCUT2D eigenvalue weighted by Gasteiger charge is 2.15. The molecule has 0 saturated heterocycles. The Morgan fingerprint density at radius 1 is 1.09 bits per heavy atom. The first-order valence-electron chi connectivity index (χ1n) is 10.3. The Morgan fingerprint density at radius 2 is 1.88 bits per heavy atom. The van der Waals surface area contributed by atoms with E-state index < -0.39 is 10.0 Å². The maximum absolute atomic E-state index is 12.5. The molecule has 0 aliphatic carbocycles. The first-order valence-corrected chi connectivity index (χ1v) is 12.2. The van der Waals surface area contributed by atoms with Crippen molar-refractivity contribution in [1.29, 1.82) is 0 Å². The van der Waals surface area contributed by atoms with Gasteiger partial charge in [-0.2, -0.15) is 5.10 Å². The third-order valence-corrected chi connectivity index (χ3v) is 5.95. The Bertz CT molecular complexity index is 1430. The lowest BCUT2D eigenvalue weighted by Crippen LogP contribution is -2.23. The monoisotopic (exact) mass is 451 g/mol. The van der Waals surface area contributed by atoms with Crippen molar-refractivity contribution in [3.05, 3.63) is 71.0 Å². The molecule has 2 aromatic heterocycles. The Balaban J connectivity index is 1.43. The summed E-state index contributed by atoms with van der Waals surface area (Å²) in [5.74, 6) is -0.0870. The van der Waals surface area contributed by atoms with Crippen LogP contribution in [0.2, 0.25) is 0 Å². The standard InChI is InChI=1S/C23H25N5O3S/c1-15-19(16(2)28-23(25-15)20-9-4-5-10-21(20)26-28)11-12-22(29)24-14-17-7-6-8-18(13-17)27-32(3,30)31/h4-10,13,27H,11-12,14H2,1-3H3,(H,24,29). The van der Waals surface area contributed by atoms with Gasteiger partial charge < -0.3 is 5.32 Å². The second-order valence-electron chi connectivity index (χ2n) is 7.87. The van der Waals surface area contributed by atoms with Crippen molar-refractivity contribution in [3.8, 4) is 0 Å². The van der Waals surface area contributed by atoms with E-state index in [0.717, 1.165) is 45.3 Å². The zero-order valence-corrected chi connectivity index (χ0v) is 19.0. The molecular weight excluding hydrogens is 426 g/mol. The number of carbonyl (C=O) groups excluding carboxylic acids is 1. The summed E-state index contributed by atoms with van der Waals surface area (Å²) >= 11 is 0. The molecule has 2 N–H and O–H groups in total. The number of hydrogen-bond donors (Lipinski definition) is 2. The highest BCUT2D eigenvalue weighted by atomic mass is 32.2. The summed E-state index contributed by atoms with van der Waals surface area (Å²) in [7, 11) is -3.35. The first-order chi connectivity index (χ1) is 15.2. The topological polar surface area (TPSA) is 105 Å². The fourth-order valence-electron chi connectivity index (χ4n) is 3.82. The molecule has 0 unspecified atom stereocenters. The van der Waals surface area contributed by atoms with Gasteiger partial charge in [0.05, 0.1) is 11.8 Å². The second kappa shape index (κ2) is 8.58. The Kier molecular flexibility index (Phi) is 5.84. The smallest absolute Gasteiger partial charge is 0.229 e. The quantitative estimate of drug-likeness (QED) is 0.449. The number of sulfonamides is 1.